The van der Waals surface area contributed by atoms with Gasteiger partial charge in [-0.05, 0) is 41.2 Å². The summed E-state index contributed by atoms with van der Waals surface area (Å²) in [6, 6.07) is 11.2. The molecule has 1 aromatic carbocycles. The number of hydrogen-bond donors (Lipinski definition) is 2. The third-order valence-electron chi connectivity index (χ3n) is 5.37. The fourth-order valence-electron chi connectivity index (χ4n) is 4.18. The molecule has 0 fully saturated rings. The number of carbonyl (C=O) groups is 2. The van der Waals surface area contributed by atoms with Crippen molar-refractivity contribution in [1.82, 2.24) is 9.97 Å². The number of primary amides is 1. The van der Waals surface area contributed by atoms with Gasteiger partial charge in [-0.3, -0.25) is 14.6 Å². The number of fused-ring (bicyclic) bond motifs is 1. The van der Waals surface area contributed by atoms with E-state index in [1.54, 1.807) is 24.5 Å². The lowest BCUT2D eigenvalue weighted by atomic mass is 9.75. The molecular weight excluding hydrogens is 350 g/mol. The molecule has 0 unspecified atom stereocenters. The summed E-state index contributed by atoms with van der Waals surface area (Å²) < 4.78 is 0. The number of Topliss-reactive ketones (excluding diaryl/α,β-unsaturated/α-hetero) is 1. The van der Waals surface area contributed by atoms with Gasteiger partial charge in [0.25, 0.3) is 0 Å². The van der Waals surface area contributed by atoms with Crippen molar-refractivity contribution in [3.8, 4) is 11.3 Å². The Morgan fingerprint density at radius 3 is 2.57 bits per heavy atom. The molecule has 0 spiro atoms. The van der Waals surface area contributed by atoms with Crippen molar-refractivity contribution >= 4 is 11.7 Å². The molecule has 1 aliphatic rings. The predicted molar refractivity (Wildman–Crippen MR) is 108 cm³/mol. The second kappa shape index (κ2) is 6.75. The van der Waals surface area contributed by atoms with E-state index in [2.05, 4.69) is 23.8 Å². The maximum atomic E-state index is 13.1. The average Bonchev–Trinajstić information content (AvgIpc) is 3.00. The van der Waals surface area contributed by atoms with Crippen LogP contribution in [0.25, 0.3) is 11.3 Å². The minimum atomic E-state index is -0.460. The number of aromatic nitrogens is 2. The number of amides is 1. The zero-order valence-electron chi connectivity index (χ0n) is 16.1. The molecule has 0 aliphatic heterocycles. The molecule has 5 nitrogen and oxygen atoms in total. The molecule has 5 heteroatoms. The van der Waals surface area contributed by atoms with E-state index in [1.165, 1.54) is 0 Å². The van der Waals surface area contributed by atoms with Gasteiger partial charge < -0.3 is 10.7 Å². The number of nitrogens with zero attached hydrogens (tertiary/aromatic N) is 1. The van der Waals surface area contributed by atoms with Crippen LogP contribution in [-0.4, -0.2) is 21.7 Å². The van der Waals surface area contributed by atoms with Gasteiger partial charge in [-0.1, -0.05) is 32.0 Å². The van der Waals surface area contributed by atoms with E-state index >= 15 is 0 Å². The summed E-state index contributed by atoms with van der Waals surface area (Å²) >= 11 is 0. The second-order valence-corrected chi connectivity index (χ2v) is 8.21. The first-order valence-corrected chi connectivity index (χ1v) is 9.41. The standard InChI is InChI=1S/C23H23N3O2/c1-23(2)12-18-20(19(27)13-23)17(21(26-18)14-7-9-25-10-8-14)11-15-5-3-4-6-16(15)22(24)28/h3-10,26H,11-13H2,1-2H3,(H2,24,28). The molecule has 0 bridgehead atoms. The van der Waals surface area contributed by atoms with Crippen molar-refractivity contribution in [1.29, 1.82) is 0 Å². The maximum absolute atomic E-state index is 13.1. The molecule has 28 heavy (non-hydrogen) atoms. The van der Waals surface area contributed by atoms with Gasteiger partial charge in [0.2, 0.25) is 5.91 Å². The zero-order valence-corrected chi connectivity index (χ0v) is 16.1. The Morgan fingerprint density at radius 1 is 1.14 bits per heavy atom. The Kier molecular flexibility index (Phi) is 4.38. The number of nitrogens with one attached hydrogen (secondary N) is 1. The van der Waals surface area contributed by atoms with Crippen LogP contribution in [0.2, 0.25) is 0 Å². The third kappa shape index (κ3) is 3.24. The summed E-state index contributed by atoms with van der Waals surface area (Å²) in [4.78, 5) is 32.5. The lowest BCUT2D eigenvalue weighted by Gasteiger charge is -2.28. The van der Waals surface area contributed by atoms with Crippen LogP contribution < -0.4 is 5.73 Å². The van der Waals surface area contributed by atoms with Gasteiger partial charge in [-0.25, -0.2) is 0 Å². The number of H-pyrrole nitrogens is 1. The molecule has 1 aliphatic carbocycles. The van der Waals surface area contributed by atoms with Crippen LogP contribution in [0.1, 0.15) is 57.8 Å². The van der Waals surface area contributed by atoms with Crippen LogP contribution in [0.15, 0.2) is 48.8 Å². The zero-order chi connectivity index (χ0) is 19.9. The first kappa shape index (κ1) is 18.2. The molecule has 0 radical (unpaired) electrons. The highest BCUT2D eigenvalue weighted by molar-refractivity contribution is 6.02. The molecule has 0 saturated heterocycles. The smallest absolute Gasteiger partial charge is 0.248 e. The maximum Gasteiger partial charge on any atom is 0.248 e. The fourth-order valence-corrected chi connectivity index (χ4v) is 4.18. The summed E-state index contributed by atoms with van der Waals surface area (Å²) in [5.74, 6) is -0.313. The molecule has 0 saturated carbocycles. The van der Waals surface area contributed by atoms with E-state index < -0.39 is 5.91 Å². The van der Waals surface area contributed by atoms with Gasteiger partial charge in [0.1, 0.15) is 0 Å². The highest BCUT2D eigenvalue weighted by atomic mass is 16.1. The normalized spacial score (nSPS) is 15.3. The van der Waals surface area contributed by atoms with Crippen LogP contribution in [0.5, 0.6) is 0 Å². The molecule has 0 atom stereocenters. The molecule has 2 heterocycles. The number of aromatic amines is 1. The minimum absolute atomic E-state index is 0.0765. The van der Waals surface area contributed by atoms with Gasteiger partial charge in [0.15, 0.2) is 5.78 Å². The van der Waals surface area contributed by atoms with Gasteiger partial charge in [-0.15, -0.1) is 0 Å². The lowest BCUT2D eigenvalue weighted by Crippen LogP contribution is -2.27. The molecule has 4 rings (SSSR count). The molecule has 3 N–H and O–H groups in total. The largest absolute Gasteiger partial charge is 0.366 e. The highest BCUT2D eigenvalue weighted by Gasteiger charge is 2.35. The Bertz CT molecular complexity index is 1060. The Labute approximate surface area is 164 Å². The van der Waals surface area contributed by atoms with Crippen molar-refractivity contribution in [2.75, 3.05) is 0 Å². The van der Waals surface area contributed by atoms with Crippen molar-refractivity contribution in [2.24, 2.45) is 11.1 Å². The summed E-state index contributed by atoms with van der Waals surface area (Å²) in [7, 11) is 0. The minimum Gasteiger partial charge on any atom is -0.366 e. The number of ketones is 1. The van der Waals surface area contributed by atoms with E-state index in [4.69, 9.17) is 5.73 Å². The van der Waals surface area contributed by atoms with Crippen LogP contribution in [0, 0.1) is 5.41 Å². The third-order valence-corrected chi connectivity index (χ3v) is 5.37. The number of nitrogens with two attached hydrogens (primary N) is 1. The van der Waals surface area contributed by atoms with E-state index in [9.17, 15) is 9.59 Å². The lowest BCUT2D eigenvalue weighted by molar-refractivity contribution is 0.0910. The Balaban J connectivity index is 1.90. The van der Waals surface area contributed by atoms with Gasteiger partial charge >= 0.3 is 0 Å². The molecule has 2 aromatic heterocycles. The molecular formula is C23H23N3O2. The van der Waals surface area contributed by atoms with Gasteiger partial charge in [0, 0.05) is 47.6 Å². The Hall–Kier alpha value is -3.21. The molecule has 142 valence electrons. The average molecular weight is 373 g/mol. The SMILES string of the molecule is CC1(C)CC(=O)c2c([nH]c(-c3ccncc3)c2Cc2ccccc2C(N)=O)C1. The van der Waals surface area contributed by atoms with E-state index in [0.29, 0.717) is 18.4 Å². The molecule has 1 amide bonds. The fraction of sp³-hybridized carbons (Fsp3) is 0.261. The van der Waals surface area contributed by atoms with Gasteiger partial charge in [0.05, 0.1) is 5.69 Å². The first-order chi connectivity index (χ1) is 13.4. The van der Waals surface area contributed by atoms with Crippen LogP contribution in [0.3, 0.4) is 0 Å². The molecule has 3 aromatic rings. The van der Waals surface area contributed by atoms with Crippen molar-refractivity contribution < 1.29 is 9.59 Å². The van der Waals surface area contributed by atoms with Crippen molar-refractivity contribution in [3.63, 3.8) is 0 Å². The summed E-state index contributed by atoms with van der Waals surface area (Å²) in [5, 5.41) is 0. The number of hydrogen-bond acceptors (Lipinski definition) is 3. The van der Waals surface area contributed by atoms with Crippen molar-refractivity contribution in [3.05, 3.63) is 76.7 Å². The second-order valence-electron chi connectivity index (χ2n) is 8.21. The van der Waals surface area contributed by atoms with E-state index in [1.807, 2.05) is 24.3 Å². The number of carbonyl (C=O) groups excluding carboxylic acids is 2. The summed E-state index contributed by atoms with van der Waals surface area (Å²) in [6.45, 7) is 4.23. The quantitative estimate of drug-likeness (QED) is 0.726. The Morgan fingerprint density at radius 2 is 1.86 bits per heavy atom. The summed E-state index contributed by atoms with van der Waals surface area (Å²) in [5.41, 5.74) is 11.4. The van der Waals surface area contributed by atoms with Crippen LogP contribution in [0.4, 0.5) is 0 Å². The van der Waals surface area contributed by atoms with E-state index in [0.717, 1.165) is 40.1 Å². The van der Waals surface area contributed by atoms with Crippen LogP contribution >= 0.6 is 0 Å². The van der Waals surface area contributed by atoms with Crippen LogP contribution in [-0.2, 0) is 12.8 Å². The monoisotopic (exact) mass is 373 g/mol. The number of rotatable bonds is 4. The van der Waals surface area contributed by atoms with Gasteiger partial charge in [-0.2, -0.15) is 0 Å². The predicted octanol–water partition coefficient (Wildman–Crippen LogP) is 3.92. The number of pyridine rings is 1. The summed E-state index contributed by atoms with van der Waals surface area (Å²) in [6.07, 6.45) is 5.26. The number of benzene rings is 1. The van der Waals surface area contributed by atoms with Crippen molar-refractivity contribution in [2.45, 2.75) is 33.1 Å². The highest BCUT2D eigenvalue weighted by Crippen LogP contribution is 2.40. The topological polar surface area (TPSA) is 88.8 Å². The first-order valence-electron chi connectivity index (χ1n) is 9.41. The van der Waals surface area contributed by atoms with E-state index in [-0.39, 0.29) is 11.2 Å².